The summed E-state index contributed by atoms with van der Waals surface area (Å²) in [5.74, 6) is 1.22. The maximum Gasteiger partial charge on any atom is 0.220 e. The van der Waals surface area contributed by atoms with Gasteiger partial charge in [-0.2, -0.15) is 0 Å². The maximum atomic E-state index is 12.2. The van der Waals surface area contributed by atoms with Crippen molar-refractivity contribution in [1.29, 1.82) is 0 Å². The van der Waals surface area contributed by atoms with Gasteiger partial charge >= 0.3 is 0 Å². The van der Waals surface area contributed by atoms with Gasteiger partial charge in [-0.05, 0) is 79.3 Å². The molecule has 0 saturated heterocycles. The number of carbonyl (C=O) groups excluding carboxylic acids is 1. The average Bonchev–Trinajstić information content (AvgIpc) is 4.02. The number of ether oxygens (including phenoxy) is 2. The Bertz CT molecular complexity index is 1470. The molecule has 46 heavy (non-hydrogen) atoms. The van der Waals surface area contributed by atoms with E-state index in [-0.39, 0.29) is 25.0 Å². The molecule has 0 bridgehead atoms. The van der Waals surface area contributed by atoms with Crippen molar-refractivity contribution in [3.63, 3.8) is 0 Å². The summed E-state index contributed by atoms with van der Waals surface area (Å²) in [6.07, 6.45) is 2.14. The zero-order valence-electron chi connectivity index (χ0n) is 25.4. The van der Waals surface area contributed by atoms with Gasteiger partial charge in [0, 0.05) is 46.4 Å². The van der Waals surface area contributed by atoms with Crippen molar-refractivity contribution in [3.8, 4) is 16.9 Å². The van der Waals surface area contributed by atoms with E-state index in [9.17, 15) is 25.2 Å². The molecule has 2 aromatic carbocycles. The van der Waals surface area contributed by atoms with E-state index in [0.29, 0.717) is 23.8 Å². The summed E-state index contributed by atoms with van der Waals surface area (Å²) < 4.78 is 12.8. The zero-order chi connectivity index (χ0) is 32.7. The van der Waals surface area contributed by atoms with Crippen LogP contribution < -0.4 is 10.1 Å². The summed E-state index contributed by atoms with van der Waals surface area (Å²) in [5.41, 5.74) is 3.57. The number of hydrogen-bond donors (Lipinski definition) is 6. The number of aliphatic hydroxyl groups excluding tert-OH is 5. The molecule has 6 N–H and O–H groups in total. The van der Waals surface area contributed by atoms with Gasteiger partial charge in [-0.3, -0.25) is 9.78 Å². The molecule has 3 aromatic rings. The van der Waals surface area contributed by atoms with Crippen LogP contribution in [0.15, 0.2) is 65.8 Å². The number of thioether (sulfide) groups is 1. The third-order valence-electron chi connectivity index (χ3n) is 8.18. The monoisotopic (exact) mass is 672 g/mol. The first-order valence-corrected chi connectivity index (χ1v) is 16.9. The SMILES string of the molecule is O=C(CCCSc1ccc(Cl)c(COC2(c3cnccc3-c3ccccc3OC3CC3)CC2)c1)NC[C@H](O)[C@@H](O)[C@H](O)[C@H](O)CO. The van der Waals surface area contributed by atoms with Crippen LogP contribution in [-0.2, 0) is 21.7 Å². The number of para-hydroxylation sites is 1. The molecule has 0 radical (unpaired) electrons. The average molecular weight is 673 g/mol. The predicted octanol–water partition coefficient (Wildman–Crippen LogP) is 3.57. The van der Waals surface area contributed by atoms with Crippen LogP contribution in [0.2, 0.25) is 5.02 Å². The predicted molar refractivity (Wildman–Crippen MR) is 175 cm³/mol. The first-order chi connectivity index (χ1) is 22.2. The second-order valence-electron chi connectivity index (χ2n) is 11.8. The lowest BCUT2D eigenvalue weighted by Crippen LogP contribution is -2.49. The van der Waals surface area contributed by atoms with Gasteiger partial charge in [-0.25, -0.2) is 0 Å². The number of carbonyl (C=O) groups is 1. The van der Waals surface area contributed by atoms with Gasteiger partial charge in [0.25, 0.3) is 0 Å². The van der Waals surface area contributed by atoms with Crippen LogP contribution in [0, 0.1) is 0 Å². The number of nitrogens with one attached hydrogen (secondary N) is 1. The molecule has 2 saturated carbocycles. The van der Waals surface area contributed by atoms with Crippen LogP contribution in [0.25, 0.3) is 11.1 Å². The highest BCUT2D eigenvalue weighted by molar-refractivity contribution is 7.99. The fourth-order valence-corrected chi connectivity index (χ4v) is 6.22. The fourth-order valence-electron chi connectivity index (χ4n) is 5.14. The number of nitrogens with zero attached hydrogens (tertiary/aromatic N) is 1. The van der Waals surface area contributed by atoms with Crippen molar-refractivity contribution in [2.45, 2.75) is 86.1 Å². The molecule has 1 heterocycles. The largest absolute Gasteiger partial charge is 0.490 e. The van der Waals surface area contributed by atoms with Crippen LogP contribution >= 0.6 is 23.4 Å². The van der Waals surface area contributed by atoms with Crippen molar-refractivity contribution in [2.75, 3.05) is 18.9 Å². The molecular weight excluding hydrogens is 632 g/mol. The van der Waals surface area contributed by atoms with E-state index in [4.69, 9.17) is 26.2 Å². The highest BCUT2D eigenvalue weighted by Gasteiger charge is 2.48. The van der Waals surface area contributed by atoms with Crippen molar-refractivity contribution in [3.05, 3.63) is 77.1 Å². The Morgan fingerprint density at radius 2 is 1.80 bits per heavy atom. The molecule has 0 spiro atoms. The van der Waals surface area contributed by atoms with Crippen LogP contribution in [0.3, 0.4) is 0 Å². The Kier molecular flexibility index (Phi) is 12.0. The number of rotatable bonds is 18. The Hall–Kier alpha value is -2.74. The number of halogens is 1. The molecule has 248 valence electrons. The maximum absolute atomic E-state index is 12.2. The number of amides is 1. The summed E-state index contributed by atoms with van der Waals surface area (Å²) in [5, 5.41) is 50.9. The summed E-state index contributed by atoms with van der Waals surface area (Å²) in [6, 6.07) is 15.9. The minimum atomic E-state index is -1.74. The molecule has 0 unspecified atom stereocenters. The molecule has 4 atom stereocenters. The number of aliphatic hydroxyl groups is 5. The van der Waals surface area contributed by atoms with E-state index < -0.39 is 36.6 Å². The molecule has 2 fully saturated rings. The fraction of sp³-hybridized carbons (Fsp3) is 0.471. The highest BCUT2D eigenvalue weighted by Crippen LogP contribution is 2.53. The van der Waals surface area contributed by atoms with Crippen molar-refractivity contribution >= 4 is 29.3 Å². The number of hydrogen-bond acceptors (Lipinski definition) is 10. The molecule has 1 aromatic heterocycles. The molecule has 0 aliphatic heterocycles. The summed E-state index contributed by atoms with van der Waals surface area (Å²) in [6.45, 7) is -0.732. The topological polar surface area (TPSA) is 162 Å². The van der Waals surface area contributed by atoms with E-state index in [2.05, 4.69) is 16.4 Å². The van der Waals surface area contributed by atoms with Crippen molar-refractivity contribution in [1.82, 2.24) is 10.3 Å². The highest BCUT2D eigenvalue weighted by atomic mass is 35.5. The van der Waals surface area contributed by atoms with E-state index in [1.54, 1.807) is 18.0 Å². The van der Waals surface area contributed by atoms with E-state index in [1.165, 1.54) is 0 Å². The minimum Gasteiger partial charge on any atom is -0.490 e. The zero-order valence-corrected chi connectivity index (χ0v) is 27.0. The van der Waals surface area contributed by atoms with Gasteiger partial charge in [0.2, 0.25) is 5.91 Å². The normalized spacial score (nSPS) is 18.0. The Labute approximate surface area is 277 Å². The number of aromatic nitrogens is 1. The van der Waals surface area contributed by atoms with Crippen LogP contribution in [0.5, 0.6) is 5.75 Å². The minimum absolute atomic E-state index is 0.200. The van der Waals surface area contributed by atoms with Gasteiger partial charge in [-0.15, -0.1) is 11.8 Å². The lowest BCUT2D eigenvalue weighted by molar-refractivity contribution is -0.126. The molecule has 12 heteroatoms. The summed E-state index contributed by atoms with van der Waals surface area (Å²) in [4.78, 5) is 17.6. The third kappa shape index (κ3) is 8.99. The van der Waals surface area contributed by atoms with Gasteiger partial charge in [0.1, 0.15) is 24.1 Å². The third-order valence-corrected chi connectivity index (χ3v) is 9.63. The number of pyridine rings is 1. The lowest BCUT2D eigenvalue weighted by atomic mass is 9.96. The Balaban J connectivity index is 1.12. The first kappa shape index (κ1) is 34.6. The van der Waals surface area contributed by atoms with Crippen molar-refractivity contribution in [2.24, 2.45) is 0 Å². The standard InChI is InChI=1S/C34H41ClN2O8S/c35-27-10-9-23(46-15-3-6-31(41)37-18-28(39)32(42)33(43)29(40)19-38)16-21(27)20-44-34(12-13-34)26-17-36-14-11-24(26)25-4-1-2-5-30(25)45-22-7-8-22/h1-2,4-5,9-11,14,16-17,22,28-29,32-33,38-40,42-43H,3,6-8,12-13,15,18-20H2,(H,37,41)/t28-,29+,32+,33+/m0/s1. The molecule has 1 amide bonds. The van der Waals surface area contributed by atoms with Crippen molar-refractivity contribution < 1.29 is 39.8 Å². The van der Waals surface area contributed by atoms with Crippen LogP contribution in [-0.4, -0.2) is 85.8 Å². The molecular formula is C34H41ClN2O8S. The van der Waals surface area contributed by atoms with E-state index >= 15 is 0 Å². The van der Waals surface area contributed by atoms with Gasteiger partial charge < -0.3 is 40.3 Å². The summed E-state index contributed by atoms with van der Waals surface area (Å²) in [7, 11) is 0. The van der Waals surface area contributed by atoms with Gasteiger partial charge in [-0.1, -0.05) is 29.8 Å². The second kappa shape index (κ2) is 15.9. The smallest absolute Gasteiger partial charge is 0.220 e. The molecule has 5 rings (SSSR count). The lowest BCUT2D eigenvalue weighted by Gasteiger charge is -2.25. The van der Waals surface area contributed by atoms with E-state index in [1.807, 2.05) is 48.7 Å². The summed E-state index contributed by atoms with van der Waals surface area (Å²) >= 11 is 8.16. The quantitative estimate of drug-likeness (QED) is 0.0871. The first-order valence-electron chi connectivity index (χ1n) is 15.6. The number of benzene rings is 2. The molecule has 10 nitrogen and oxygen atoms in total. The second-order valence-corrected chi connectivity index (χ2v) is 13.4. The molecule has 2 aliphatic carbocycles. The van der Waals surface area contributed by atoms with Gasteiger partial charge in [0.15, 0.2) is 0 Å². The Morgan fingerprint density at radius 1 is 1.04 bits per heavy atom. The van der Waals surface area contributed by atoms with E-state index in [0.717, 1.165) is 58.6 Å². The molecule has 2 aliphatic rings. The van der Waals surface area contributed by atoms with Crippen LogP contribution in [0.1, 0.15) is 49.7 Å². The Morgan fingerprint density at radius 3 is 2.54 bits per heavy atom. The van der Waals surface area contributed by atoms with Crippen LogP contribution in [0.4, 0.5) is 0 Å². The van der Waals surface area contributed by atoms with Gasteiger partial charge in [0.05, 0.1) is 31.0 Å².